The summed E-state index contributed by atoms with van der Waals surface area (Å²) in [6.45, 7) is 2.54. The number of rotatable bonds is 10. The van der Waals surface area contributed by atoms with Crippen molar-refractivity contribution in [2.45, 2.75) is 51.1 Å². The number of ether oxygens (including phenoxy) is 2. The molecule has 1 N–H and O–H groups in total. The van der Waals surface area contributed by atoms with Crippen molar-refractivity contribution in [1.82, 2.24) is 5.32 Å². The van der Waals surface area contributed by atoms with Crippen LogP contribution in [0.15, 0.2) is 30.3 Å². The largest absolute Gasteiger partial charge is 0.346 e. The first-order valence-electron chi connectivity index (χ1n) is 9.73. The number of amides is 1. The van der Waals surface area contributed by atoms with Gasteiger partial charge in [-0.15, -0.1) is 0 Å². The van der Waals surface area contributed by atoms with Crippen LogP contribution >= 0.6 is 11.8 Å². The third-order valence-electron chi connectivity index (χ3n) is 4.30. The number of carbonyl (C=O) groups is 2. The zero-order valence-corrected chi connectivity index (χ0v) is 20.9. The number of carbonyl (C=O) groups excluding carboxylic acids is 2. The first kappa shape index (κ1) is 27.7. The fourth-order valence-corrected chi connectivity index (χ4v) is 5.09. The molecule has 1 heterocycles. The van der Waals surface area contributed by atoms with Gasteiger partial charge in [-0.25, -0.2) is 0 Å². The van der Waals surface area contributed by atoms with Crippen LogP contribution in [0.2, 0.25) is 0 Å². The molecule has 1 fully saturated rings. The smallest absolute Gasteiger partial charge is 0.264 e. The van der Waals surface area contributed by atoms with E-state index < -0.39 is 56.8 Å². The molecule has 0 unspecified atom stereocenters. The summed E-state index contributed by atoms with van der Waals surface area (Å²) >= 11 is 0.833. The van der Waals surface area contributed by atoms with Crippen LogP contribution in [0.25, 0.3) is 0 Å². The maximum Gasteiger partial charge on any atom is 0.264 e. The third kappa shape index (κ3) is 9.68. The van der Waals surface area contributed by atoms with Gasteiger partial charge in [-0.1, -0.05) is 42.1 Å². The van der Waals surface area contributed by atoms with Gasteiger partial charge in [0.15, 0.2) is 11.4 Å². The summed E-state index contributed by atoms with van der Waals surface area (Å²) in [7, 11) is -8.25. The molecule has 1 saturated heterocycles. The molecule has 5 atom stereocenters. The van der Waals surface area contributed by atoms with E-state index in [2.05, 4.69) is 5.32 Å². The van der Waals surface area contributed by atoms with Crippen LogP contribution in [0, 0.1) is 0 Å². The zero-order valence-electron chi connectivity index (χ0n) is 18.5. The second kappa shape index (κ2) is 11.7. The number of thioether (sulfide) groups is 1. The van der Waals surface area contributed by atoms with E-state index in [9.17, 15) is 26.4 Å². The van der Waals surface area contributed by atoms with E-state index in [1.54, 1.807) is 24.3 Å². The molecule has 33 heavy (non-hydrogen) atoms. The highest BCUT2D eigenvalue weighted by Crippen LogP contribution is 2.31. The van der Waals surface area contributed by atoms with Crippen LogP contribution in [0.4, 0.5) is 0 Å². The monoisotopic (exact) mass is 525 g/mol. The fraction of sp³-hybridized carbons (Fsp3) is 0.579. The van der Waals surface area contributed by atoms with Crippen molar-refractivity contribution in [3.63, 3.8) is 0 Å². The predicted molar refractivity (Wildman–Crippen MR) is 120 cm³/mol. The summed E-state index contributed by atoms with van der Waals surface area (Å²) in [4.78, 5) is 23.4. The maximum atomic E-state index is 12.0. The summed E-state index contributed by atoms with van der Waals surface area (Å²) in [5.41, 5.74) is 0.771. The normalized spacial score (nSPS) is 26.0. The average Bonchev–Trinajstić information content (AvgIpc) is 2.67. The molecule has 0 aromatic heterocycles. The van der Waals surface area contributed by atoms with Crippen molar-refractivity contribution in [1.29, 1.82) is 0 Å². The van der Waals surface area contributed by atoms with E-state index >= 15 is 0 Å². The number of hydrogen-bond acceptors (Lipinski definition) is 11. The SMILES string of the molecule is CC(=O)N[C@@H]1[C@@H](OCc2ccccc2)O[C@H](CSC(C)=O)[C@@H](OS(C)(=O)=O)[C@@H]1OS(C)(=O)=O. The molecule has 11 nitrogen and oxygen atoms in total. The first-order chi connectivity index (χ1) is 15.2. The van der Waals surface area contributed by atoms with Gasteiger partial charge in [0.2, 0.25) is 5.91 Å². The first-order valence-corrected chi connectivity index (χ1v) is 14.3. The molecule has 2 rings (SSSR count). The summed E-state index contributed by atoms with van der Waals surface area (Å²) in [5.74, 6) is -0.634. The highest BCUT2D eigenvalue weighted by atomic mass is 32.2. The van der Waals surface area contributed by atoms with Crippen molar-refractivity contribution in [2.75, 3.05) is 18.3 Å². The lowest BCUT2D eigenvalue weighted by molar-refractivity contribution is -0.253. The van der Waals surface area contributed by atoms with Gasteiger partial charge in [0, 0.05) is 19.6 Å². The lowest BCUT2D eigenvalue weighted by atomic mass is 9.97. The minimum atomic E-state index is -4.14. The van der Waals surface area contributed by atoms with Gasteiger partial charge in [-0.2, -0.15) is 16.8 Å². The number of benzene rings is 1. The van der Waals surface area contributed by atoms with E-state index in [1.165, 1.54) is 13.8 Å². The van der Waals surface area contributed by atoms with Crippen molar-refractivity contribution in [3.8, 4) is 0 Å². The van der Waals surface area contributed by atoms with E-state index in [-0.39, 0.29) is 17.5 Å². The summed E-state index contributed by atoms with van der Waals surface area (Å²) in [6, 6.07) is 7.75. The quantitative estimate of drug-likeness (QED) is 0.423. The minimum Gasteiger partial charge on any atom is -0.346 e. The standard InChI is InChI=1S/C19H27NO10S3/c1-12(21)20-16-18(30-33(4,25)26)17(29-32(3,23)24)15(11-31-13(2)22)28-19(16)27-10-14-8-6-5-7-9-14/h5-9,15-19H,10-11H2,1-4H3,(H,20,21)/t15-,16+,17-,18-,19+/m1/s1. The number of nitrogens with one attached hydrogen (secondary N) is 1. The van der Waals surface area contributed by atoms with Crippen LogP contribution < -0.4 is 5.32 Å². The van der Waals surface area contributed by atoms with Crippen molar-refractivity contribution < 1.29 is 44.3 Å². The van der Waals surface area contributed by atoms with E-state index in [1.807, 2.05) is 6.07 Å². The number of hydrogen-bond donors (Lipinski definition) is 1. The average molecular weight is 526 g/mol. The lowest BCUT2D eigenvalue weighted by Gasteiger charge is -2.45. The molecular formula is C19H27NO10S3. The second-order valence-electron chi connectivity index (χ2n) is 7.40. The molecule has 0 bridgehead atoms. The topological polar surface area (TPSA) is 151 Å². The highest BCUT2D eigenvalue weighted by Gasteiger charge is 2.51. The Kier molecular flexibility index (Phi) is 9.84. The Morgan fingerprint density at radius 1 is 1.00 bits per heavy atom. The Hall–Kier alpha value is -1.55. The van der Waals surface area contributed by atoms with Crippen molar-refractivity contribution in [3.05, 3.63) is 35.9 Å². The molecule has 0 radical (unpaired) electrons. The zero-order chi connectivity index (χ0) is 24.8. The Labute approximate surface area is 197 Å². The third-order valence-corrected chi connectivity index (χ3v) is 6.34. The van der Waals surface area contributed by atoms with E-state index in [0.717, 1.165) is 29.8 Å². The van der Waals surface area contributed by atoms with Crippen LogP contribution in [0.1, 0.15) is 19.4 Å². The maximum absolute atomic E-state index is 12.0. The lowest BCUT2D eigenvalue weighted by Crippen LogP contribution is -2.66. The molecule has 1 aromatic carbocycles. The van der Waals surface area contributed by atoms with Gasteiger partial charge in [0.05, 0.1) is 19.1 Å². The molecular weight excluding hydrogens is 498 g/mol. The molecule has 14 heteroatoms. The minimum absolute atomic E-state index is 0.0390. The highest BCUT2D eigenvalue weighted by molar-refractivity contribution is 8.13. The Morgan fingerprint density at radius 3 is 2.09 bits per heavy atom. The summed E-state index contributed by atoms with van der Waals surface area (Å²) < 4.78 is 70.0. The van der Waals surface area contributed by atoms with Crippen LogP contribution in [0.3, 0.4) is 0 Å². The summed E-state index contributed by atoms with van der Waals surface area (Å²) in [5, 5.41) is 2.24. The van der Waals surface area contributed by atoms with Gasteiger partial charge in [-0.05, 0) is 5.56 Å². The van der Waals surface area contributed by atoms with Gasteiger partial charge in [0.25, 0.3) is 20.2 Å². The van der Waals surface area contributed by atoms with Gasteiger partial charge < -0.3 is 14.8 Å². The van der Waals surface area contributed by atoms with Gasteiger partial charge in [-0.3, -0.25) is 18.0 Å². The molecule has 0 aliphatic carbocycles. The second-order valence-corrected chi connectivity index (χ2v) is 11.8. The van der Waals surface area contributed by atoms with Gasteiger partial charge in [0.1, 0.15) is 24.4 Å². The molecule has 186 valence electrons. The van der Waals surface area contributed by atoms with E-state index in [4.69, 9.17) is 17.8 Å². The van der Waals surface area contributed by atoms with Crippen molar-refractivity contribution in [2.24, 2.45) is 0 Å². The molecule has 1 aliphatic rings. The van der Waals surface area contributed by atoms with E-state index in [0.29, 0.717) is 0 Å². The molecule has 0 saturated carbocycles. The van der Waals surface area contributed by atoms with Crippen LogP contribution in [-0.2, 0) is 54.3 Å². The van der Waals surface area contributed by atoms with Crippen LogP contribution in [-0.4, -0.2) is 76.8 Å². The Bertz CT molecular complexity index is 1030. The van der Waals surface area contributed by atoms with Crippen molar-refractivity contribution >= 4 is 43.0 Å². The summed E-state index contributed by atoms with van der Waals surface area (Å²) in [6.07, 6.45) is -3.81. The molecule has 1 aliphatic heterocycles. The van der Waals surface area contributed by atoms with Gasteiger partial charge >= 0.3 is 0 Å². The molecule has 1 aromatic rings. The van der Waals surface area contributed by atoms with Crippen LogP contribution in [0.5, 0.6) is 0 Å². The molecule has 0 spiro atoms. The molecule has 1 amide bonds. The fourth-order valence-electron chi connectivity index (χ4n) is 3.15. The Balaban J connectivity index is 2.46. The predicted octanol–water partition coefficient (Wildman–Crippen LogP) is 0.402. The Morgan fingerprint density at radius 2 is 1.58 bits per heavy atom.